The normalized spacial score (nSPS) is 27.9. The molecule has 0 saturated heterocycles. The Kier molecular flexibility index (Phi) is 6.88. The third-order valence-corrected chi connectivity index (χ3v) is 4.11. The molecule has 2 heteroatoms. The van der Waals surface area contributed by atoms with Crippen LogP contribution in [-0.4, -0.2) is 11.9 Å². The molecule has 1 saturated carbocycles. The van der Waals surface area contributed by atoms with Gasteiger partial charge in [-0.2, -0.15) is 0 Å². The van der Waals surface area contributed by atoms with E-state index in [-0.39, 0.29) is 0 Å². The number of alkyl halides is 1. The maximum absolute atomic E-state index is 5.68. The molecule has 1 fully saturated rings. The Morgan fingerprint density at radius 3 is 2.14 bits per heavy atom. The van der Waals surface area contributed by atoms with Crippen molar-refractivity contribution in [3.05, 3.63) is 0 Å². The Bertz CT molecular complexity index is 130. The molecule has 0 aromatic carbocycles. The summed E-state index contributed by atoms with van der Waals surface area (Å²) in [5.41, 5.74) is 5.68. The number of halogens is 1. The highest BCUT2D eigenvalue weighted by Gasteiger charge is 2.19. The van der Waals surface area contributed by atoms with Crippen molar-refractivity contribution in [3.8, 4) is 0 Å². The van der Waals surface area contributed by atoms with Gasteiger partial charge >= 0.3 is 0 Å². The molecule has 14 heavy (non-hydrogen) atoms. The number of unbranched alkanes of at least 4 members (excludes halogenated alkanes) is 2. The van der Waals surface area contributed by atoms with E-state index in [2.05, 4.69) is 15.9 Å². The number of hydrogen-bond donors (Lipinski definition) is 1. The van der Waals surface area contributed by atoms with Crippen molar-refractivity contribution in [2.45, 2.75) is 51.4 Å². The molecular weight excluding hydrogens is 238 g/mol. The molecule has 0 unspecified atom stereocenters. The summed E-state index contributed by atoms with van der Waals surface area (Å²) >= 11 is 3.48. The van der Waals surface area contributed by atoms with Crippen LogP contribution in [0.4, 0.5) is 0 Å². The summed E-state index contributed by atoms with van der Waals surface area (Å²) in [6.07, 6.45) is 11.3. The van der Waals surface area contributed by atoms with Gasteiger partial charge in [-0.3, -0.25) is 0 Å². The summed E-state index contributed by atoms with van der Waals surface area (Å²) < 4.78 is 0. The van der Waals surface area contributed by atoms with E-state index < -0.39 is 0 Å². The van der Waals surface area contributed by atoms with Gasteiger partial charge in [0, 0.05) is 5.33 Å². The summed E-state index contributed by atoms with van der Waals surface area (Å²) in [7, 11) is 0. The largest absolute Gasteiger partial charge is 0.330 e. The van der Waals surface area contributed by atoms with E-state index in [4.69, 9.17) is 5.73 Å². The lowest BCUT2D eigenvalue weighted by molar-refractivity contribution is 0.263. The highest BCUT2D eigenvalue weighted by atomic mass is 79.9. The van der Waals surface area contributed by atoms with Crippen LogP contribution in [0.3, 0.4) is 0 Å². The molecule has 1 rings (SSSR count). The van der Waals surface area contributed by atoms with Gasteiger partial charge in [0.1, 0.15) is 0 Å². The summed E-state index contributed by atoms with van der Waals surface area (Å²) in [4.78, 5) is 0. The third kappa shape index (κ3) is 4.79. The Morgan fingerprint density at radius 1 is 0.929 bits per heavy atom. The van der Waals surface area contributed by atoms with E-state index in [1.807, 2.05) is 0 Å². The highest BCUT2D eigenvalue weighted by Crippen LogP contribution is 2.31. The monoisotopic (exact) mass is 261 g/mol. The molecule has 0 aromatic rings. The molecular formula is C12H24BrN. The van der Waals surface area contributed by atoms with Gasteiger partial charge < -0.3 is 5.73 Å². The topological polar surface area (TPSA) is 26.0 Å². The zero-order valence-electron chi connectivity index (χ0n) is 9.18. The van der Waals surface area contributed by atoms with E-state index in [1.54, 1.807) is 0 Å². The molecule has 2 N–H and O–H groups in total. The second-order valence-corrected chi connectivity index (χ2v) is 5.45. The molecule has 1 aliphatic rings. The first-order valence-electron chi connectivity index (χ1n) is 6.12. The molecule has 0 aliphatic heterocycles. The molecule has 0 aromatic heterocycles. The Hall–Kier alpha value is 0.440. The quantitative estimate of drug-likeness (QED) is 0.573. The predicted octanol–water partition coefficient (Wildman–Crippen LogP) is 3.71. The van der Waals surface area contributed by atoms with Gasteiger partial charge in [-0.15, -0.1) is 0 Å². The zero-order valence-corrected chi connectivity index (χ0v) is 10.8. The lowest BCUT2D eigenvalue weighted by Crippen LogP contribution is -2.21. The molecule has 1 nitrogen and oxygen atoms in total. The van der Waals surface area contributed by atoms with Crippen molar-refractivity contribution < 1.29 is 0 Å². The van der Waals surface area contributed by atoms with Crippen LogP contribution in [0.5, 0.6) is 0 Å². The summed E-state index contributed by atoms with van der Waals surface area (Å²) in [6, 6.07) is 0. The van der Waals surface area contributed by atoms with E-state index in [1.165, 1.54) is 56.7 Å². The first-order valence-corrected chi connectivity index (χ1v) is 7.25. The molecule has 0 amide bonds. The van der Waals surface area contributed by atoms with Crippen molar-refractivity contribution in [2.75, 3.05) is 11.9 Å². The maximum Gasteiger partial charge on any atom is 0.00313 e. The Morgan fingerprint density at radius 2 is 1.57 bits per heavy atom. The van der Waals surface area contributed by atoms with Crippen LogP contribution < -0.4 is 5.73 Å². The van der Waals surface area contributed by atoms with Gasteiger partial charge in [-0.1, -0.05) is 48.0 Å². The van der Waals surface area contributed by atoms with Crippen LogP contribution in [0.25, 0.3) is 0 Å². The summed E-state index contributed by atoms with van der Waals surface area (Å²) in [5.74, 6) is 1.86. The molecule has 0 spiro atoms. The van der Waals surface area contributed by atoms with Crippen molar-refractivity contribution in [1.82, 2.24) is 0 Å². The highest BCUT2D eigenvalue weighted by molar-refractivity contribution is 9.09. The maximum atomic E-state index is 5.68. The van der Waals surface area contributed by atoms with Crippen LogP contribution >= 0.6 is 15.9 Å². The first-order chi connectivity index (χ1) is 6.86. The van der Waals surface area contributed by atoms with Crippen LogP contribution in [0, 0.1) is 11.8 Å². The van der Waals surface area contributed by atoms with Gasteiger partial charge in [0.15, 0.2) is 0 Å². The smallest absolute Gasteiger partial charge is 0.00313 e. The van der Waals surface area contributed by atoms with Gasteiger partial charge in [0.05, 0.1) is 0 Å². The molecule has 1 aliphatic carbocycles. The van der Waals surface area contributed by atoms with Gasteiger partial charge in [-0.05, 0) is 37.6 Å². The van der Waals surface area contributed by atoms with Crippen LogP contribution in [-0.2, 0) is 0 Å². The molecule has 84 valence electrons. The van der Waals surface area contributed by atoms with Crippen LogP contribution in [0.2, 0.25) is 0 Å². The number of rotatable bonds is 6. The fraction of sp³-hybridized carbons (Fsp3) is 1.00. The minimum absolute atomic E-state index is 0.841. The van der Waals surface area contributed by atoms with Gasteiger partial charge in [0.2, 0.25) is 0 Å². The Labute approximate surface area is 97.0 Å². The average Bonchev–Trinajstić information content (AvgIpc) is 2.25. The van der Waals surface area contributed by atoms with Crippen LogP contribution in [0.1, 0.15) is 51.4 Å². The number of nitrogens with two attached hydrogens (primary N) is 1. The SMILES string of the molecule is NCC1CCC(CCCCCBr)CC1. The molecule has 0 atom stereocenters. The van der Waals surface area contributed by atoms with E-state index in [0.29, 0.717) is 0 Å². The summed E-state index contributed by atoms with van der Waals surface area (Å²) in [5, 5.41) is 1.17. The lowest BCUT2D eigenvalue weighted by Gasteiger charge is -2.27. The zero-order chi connectivity index (χ0) is 10.2. The first kappa shape index (κ1) is 12.5. The predicted molar refractivity (Wildman–Crippen MR) is 66.8 cm³/mol. The Balaban J connectivity index is 1.98. The average molecular weight is 262 g/mol. The second-order valence-electron chi connectivity index (χ2n) is 4.66. The third-order valence-electron chi connectivity index (χ3n) is 3.55. The van der Waals surface area contributed by atoms with Crippen LogP contribution in [0.15, 0.2) is 0 Å². The molecule has 0 heterocycles. The lowest BCUT2D eigenvalue weighted by atomic mass is 9.80. The summed E-state index contributed by atoms with van der Waals surface area (Å²) in [6.45, 7) is 0.913. The number of hydrogen-bond acceptors (Lipinski definition) is 1. The fourth-order valence-corrected chi connectivity index (χ4v) is 2.86. The molecule has 0 bridgehead atoms. The van der Waals surface area contributed by atoms with Crippen molar-refractivity contribution in [3.63, 3.8) is 0 Å². The van der Waals surface area contributed by atoms with Gasteiger partial charge in [0.25, 0.3) is 0 Å². The van der Waals surface area contributed by atoms with Gasteiger partial charge in [-0.25, -0.2) is 0 Å². The minimum atomic E-state index is 0.841. The van der Waals surface area contributed by atoms with Crippen molar-refractivity contribution in [2.24, 2.45) is 17.6 Å². The standard InChI is InChI=1S/C12H24BrN/c13-9-3-1-2-4-11-5-7-12(10-14)8-6-11/h11-12H,1-10,14H2. The van der Waals surface area contributed by atoms with Crippen molar-refractivity contribution in [1.29, 1.82) is 0 Å². The van der Waals surface area contributed by atoms with E-state index in [0.717, 1.165) is 18.4 Å². The van der Waals surface area contributed by atoms with E-state index >= 15 is 0 Å². The molecule has 0 radical (unpaired) electrons. The van der Waals surface area contributed by atoms with Crippen molar-refractivity contribution >= 4 is 15.9 Å². The minimum Gasteiger partial charge on any atom is -0.330 e. The fourth-order valence-electron chi connectivity index (χ4n) is 2.46. The van der Waals surface area contributed by atoms with E-state index in [9.17, 15) is 0 Å². The second kappa shape index (κ2) is 7.70.